The third-order valence-corrected chi connectivity index (χ3v) is 2.24. The summed E-state index contributed by atoms with van der Waals surface area (Å²) in [6, 6.07) is 6.44. The van der Waals surface area contributed by atoms with Crippen molar-refractivity contribution in [2.75, 3.05) is 0 Å². The van der Waals surface area contributed by atoms with Crippen LogP contribution in [0.1, 0.15) is 26.3 Å². The van der Waals surface area contributed by atoms with Crippen LogP contribution in [0.4, 0.5) is 0 Å². The molecule has 1 rings (SSSR count). The fourth-order valence-electron chi connectivity index (χ4n) is 1.34. The van der Waals surface area contributed by atoms with Crippen molar-refractivity contribution in [1.29, 1.82) is 0 Å². The van der Waals surface area contributed by atoms with Crippen molar-refractivity contribution in [3.05, 3.63) is 35.4 Å². The summed E-state index contributed by atoms with van der Waals surface area (Å²) in [5.41, 5.74) is 0.701. The Morgan fingerprint density at radius 3 is 2.06 bits per heavy atom. The minimum Gasteiger partial charge on any atom is -0.508 e. The van der Waals surface area contributed by atoms with Crippen LogP contribution in [-0.2, 0) is 4.79 Å². The molecule has 0 fully saturated rings. The lowest BCUT2D eigenvalue weighted by molar-refractivity contribution is -0.133. The topological polar surface area (TPSA) is 57.5 Å². The summed E-state index contributed by atoms with van der Waals surface area (Å²) in [6.45, 7) is 5.56. The number of benzene rings is 1. The monoisotopic (exact) mass is 220 g/mol. The van der Waals surface area contributed by atoms with Crippen molar-refractivity contribution in [3.63, 3.8) is 0 Å². The highest BCUT2D eigenvalue weighted by Crippen LogP contribution is 2.27. The molecule has 0 aliphatic rings. The van der Waals surface area contributed by atoms with Gasteiger partial charge in [-0.2, -0.15) is 0 Å². The summed E-state index contributed by atoms with van der Waals surface area (Å²) in [4.78, 5) is 11.1. The van der Waals surface area contributed by atoms with Gasteiger partial charge in [0.1, 0.15) is 5.75 Å². The van der Waals surface area contributed by atoms with E-state index in [0.29, 0.717) is 5.57 Å². The Hall–Kier alpha value is -1.77. The molecule has 0 aliphatic heterocycles. The number of phenols is 1. The molecular weight excluding hydrogens is 204 g/mol. The summed E-state index contributed by atoms with van der Waals surface area (Å²) in [7, 11) is 0. The fraction of sp³-hybridized carbons (Fsp3) is 0.308. The average molecular weight is 220 g/mol. The number of carbonyl (C=O) groups is 1. The lowest BCUT2D eigenvalue weighted by Crippen LogP contribution is -2.17. The number of carboxylic acid groups (broad SMARTS) is 1. The van der Waals surface area contributed by atoms with E-state index in [2.05, 4.69) is 0 Å². The summed E-state index contributed by atoms with van der Waals surface area (Å²) >= 11 is 0. The molecule has 0 spiro atoms. The molecule has 0 amide bonds. The van der Waals surface area contributed by atoms with Gasteiger partial charge in [-0.25, -0.2) is 4.79 Å². The molecule has 0 atom stereocenters. The molecule has 0 saturated heterocycles. The maximum absolute atomic E-state index is 11.1. The predicted molar refractivity (Wildman–Crippen MR) is 63.2 cm³/mol. The molecule has 3 heteroatoms. The van der Waals surface area contributed by atoms with Crippen LogP contribution in [0.25, 0.3) is 6.08 Å². The summed E-state index contributed by atoms with van der Waals surface area (Å²) in [5.74, 6) is -0.745. The van der Waals surface area contributed by atoms with Gasteiger partial charge in [-0.3, -0.25) is 0 Å². The van der Waals surface area contributed by atoms with Crippen molar-refractivity contribution in [1.82, 2.24) is 0 Å². The average Bonchev–Trinajstić information content (AvgIpc) is 2.14. The minimum absolute atomic E-state index is 0.171. The van der Waals surface area contributed by atoms with Gasteiger partial charge in [-0.15, -0.1) is 0 Å². The first-order valence-corrected chi connectivity index (χ1v) is 5.05. The van der Waals surface area contributed by atoms with Crippen LogP contribution in [0.15, 0.2) is 29.8 Å². The van der Waals surface area contributed by atoms with Gasteiger partial charge in [0.2, 0.25) is 0 Å². The molecule has 0 aromatic heterocycles. The molecule has 16 heavy (non-hydrogen) atoms. The Kier molecular flexibility index (Phi) is 3.38. The Morgan fingerprint density at radius 1 is 1.19 bits per heavy atom. The second-order valence-electron chi connectivity index (χ2n) is 4.70. The van der Waals surface area contributed by atoms with E-state index >= 15 is 0 Å². The van der Waals surface area contributed by atoms with Crippen molar-refractivity contribution in [2.24, 2.45) is 5.41 Å². The van der Waals surface area contributed by atoms with E-state index in [9.17, 15) is 4.79 Å². The summed E-state index contributed by atoms with van der Waals surface area (Å²) in [5, 5.41) is 18.2. The number of hydrogen-bond acceptors (Lipinski definition) is 2. The zero-order valence-electron chi connectivity index (χ0n) is 9.69. The molecule has 1 aromatic carbocycles. The number of rotatable bonds is 2. The lowest BCUT2D eigenvalue weighted by Gasteiger charge is -2.19. The first kappa shape index (κ1) is 12.3. The van der Waals surface area contributed by atoms with Crippen LogP contribution in [0.3, 0.4) is 0 Å². The molecule has 0 saturated carbocycles. The summed E-state index contributed by atoms with van der Waals surface area (Å²) < 4.78 is 0. The van der Waals surface area contributed by atoms with E-state index < -0.39 is 11.4 Å². The lowest BCUT2D eigenvalue weighted by atomic mass is 9.85. The highest BCUT2D eigenvalue weighted by atomic mass is 16.4. The maximum atomic E-state index is 11.1. The van der Waals surface area contributed by atoms with Gasteiger partial charge in [0.15, 0.2) is 0 Å². The Balaban J connectivity index is 3.13. The zero-order valence-corrected chi connectivity index (χ0v) is 9.69. The molecule has 0 bridgehead atoms. The van der Waals surface area contributed by atoms with Crippen LogP contribution in [-0.4, -0.2) is 16.2 Å². The highest BCUT2D eigenvalue weighted by Gasteiger charge is 2.23. The molecule has 1 aromatic rings. The number of hydrogen-bond donors (Lipinski definition) is 2. The van der Waals surface area contributed by atoms with Gasteiger partial charge in [-0.05, 0) is 29.2 Å². The fourth-order valence-corrected chi connectivity index (χ4v) is 1.34. The van der Waals surface area contributed by atoms with Gasteiger partial charge < -0.3 is 10.2 Å². The zero-order chi connectivity index (χ0) is 12.3. The van der Waals surface area contributed by atoms with Gasteiger partial charge >= 0.3 is 5.97 Å². The first-order chi connectivity index (χ1) is 7.30. The van der Waals surface area contributed by atoms with Gasteiger partial charge in [-0.1, -0.05) is 32.9 Å². The molecule has 0 aliphatic carbocycles. The van der Waals surface area contributed by atoms with Crippen molar-refractivity contribution < 1.29 is 15.0 Å². The quantitative estimate of drug-likeness (QED) is 0.753. The van der Waals surface area contributed by atoms with E-state index in [-0.39, 0.29) is 5.75 Å². The minimum atomic E-state index is -0.916. The normalized spacial score (nSPS) is 12.6. The third kappa shape index (κ3) is 3.12. The van der Waals surface area contributed by atoms with Crippen LogP contribution >= 0.6 is 0 Å². The molecule has 3 nitrogen and oxygen atoms in total. The Bertz CT molecular complexity index is 408. The molecule has 86 valence electrons. The summed E-state index contributed by atoms with van der Waals surface area (Å²) in [6.07, 6.45) is 1.63. The third-order valence-electron chi connectivity index (χ3n) is 2.24. The van der Waals surface area contributed by atoms with Crippen molar-refractivity contribution >= 4 is 12.0 Å². The van der Waals surface area contributed by atoms with E-state index in [1.165, 1.54) is 12.1 Å². The Morgan fingerprint density at radius 2 is 1.69 bits per heavy atom. The van der Waals surface area contributed by atoms with E-state index in [1.54, 1.807) is 18.2 Å². The first-order valence-electron chi connectivity index (χ1n) is 5.05. The molecule has 0 unspecified atom stereocenters. The van der Waals surface area contributed by atoms with Gasteiger partial charge in [0, 0.05) is 5.57 Å². The molecular formula is C13H16O3. The highest BCUT2D eigenvalue weighted by molar-refractivity contribution is 5.93. The van der Waals surface area contributed by atoms with Crippen molar-refractivity contribution in [3.8, 4) is 5.75 Å². The van der Waals surface area contributed by atoms with E-state index in [0.717, 1.165) is 5.56 Å². The standard InChI is InChI=1S/C13H16O3/c1-13(2,3)11(12(15)16)8-9-4-6-10(14)7-5-9/h4-8,14H,1-3H3,(H,15,16)/b11-8+. The van der Waals surface area contributed by atoms with Gasteiger partial charge in [0.25, 0.3) is 0 Å². The number of phenolic OH excluding ortho intramolecular Hbond substituents is 1. The number of aliphatic carboxylic acids is 1. The number of carboxylic acids is 1. The SMILES string of the molecule is CC(C)(C)/C(=C/c1ccc(O)cc1)C(=O)O. The molecule has 0 heterocycles. The number of aromatic hydroxyl groups is 1. The second kappa shape index (κ2) is 4.39. The van der Waals surface area contributed by atoms with Crippen molar-refractivity contribution in [2.45, 2.75) is 20.8 Å². The van der Waals surface area contributed by atoms with Gasteiger partial charge in [0.05, 0.1) is 0 Å². The van der Waals surface area contributed by atoms with Crippen LogP contribution in [0, 0.1) is 5.41 Å². The maximum Gasteiger partial charge on any atom is 0.332 e. The molecule has 2 N–H and O–H groups in total. The van der Waals surface area contributed by atoms with Crippen LogP contribution < -0.4 is 0 Å². The van der Waals surface area contributed by atoms with E-state index in [4.69, 9.17) is 10.2 Å². The largest absolute Gasteiger partial charge is 0.508 e. The molecule has 0 radical (unpaired) electrons. The van der Waals surface area contributed by atoms with Crippen LogP contribution in [0.5, 0.6) is 5.75 Å². The second-order valence-corrected chi connectivity index (χ2v) is 4.70. The van der Waals surface area contributed by atoms with Crippen LogP contribution in [0.2, 0.25) is 0 Å². The smallest absolute Gasteiger partial charge is 0.332 e. The van der Waals surface area contributed by atoms with E-state index in [1.807, 2.05) is 20.8 Å². The Labute approximate surface area is 95.0 Å². The predicted octanol–water partition coefficient (Wildman–Crippen LogP) is 2.91.